The van der Waals surface area contributed by atoms with E-state index in [2.05, 4.69) is 127 Å². The summed E-state index contributed by atoms with van der Waals surface area (Å²) in [6, 6.07) is 42.4. The van der Waals surface area contributed by atoms with Crippen LogP contribution in [0.1, 0.15) is 16.7 Å². The molecule has 1 aliphatic rings. The molecule has 4 aromatic rings. The van der Waals surface area contributed by atoms with Gasteiger partial charge in [0, 0.05) is 5.54 Å². The number of rotatable bonds is 4. The highest BCUT2D eigenvalue weighted by molar-refractivity contribution is 7.12. The van der Waals surface area contributed by atoms with Crippen LogP contribution in [0.5, 0.6) is 0 Å². The van der Waals surface area contributed by atoms with Crippen LogP contribution in [0.2, 0.25) is 0 Å². The van der Waals surface area contributed by atoms with Gasteiger partial charge in [-0.25, -0.2) is 0 Å². The van der Waals surface area contributed by atoms with Crippen molar-refractivity contribution in [1.82, 2.24) is 0 Å². The van der Waals surface area contributed by atoms with Crippen molar-refractivity contribution in [2.24, 2.45) is 0 Å². The molecule has 0 nitrogen and oxygen atoms in total. The van der Waals surface area contributed by atoms with Crippen molar-refractivity contribution in [3.05, 3.63) is 132 Å². The first kappa shape index (κ1) is 17.0. The highest BCUT2D eigenvalue weighted by atomic mass is 28.3. The molecule has 0 bridgehead atoms. The van der Waals surface area contributed by atoms with Crippen LogP contribution in [0, 0.1) is 0 Å². The normalized spacial score (nSPS) is 15.4. The lowest BCUT2D eigenvalue weighted by Crippen LogP contribution is -2.70. The van der Waals surface area contributed by atoms with Crippen LogP contribution < -0.4 is 15.6 Å². The molecular formula is C27H22Si. The number of hydrogen-bond donors (Lipinski definition) is 0. The van der Waals surface area contributed by atoms with E-state index in [1.54, 1.807) is 0 Å². The van der Waals surface area contributed by atoms with E-state index in [0.717, 1.165) is 0 Å². The Morgan fingerprint density at radius 3 is 1.39 bits per heavy atom. The molecule has 4 aromatic carbocycles. The second-order valence-electron chi connectivity index (χ2n) is 7.37. The molecule has 0 saturated heterocycles. The monoisotopic (exact) mass is 374 g/mol. The van der Waals surface area contributed by atoms with Gasteiger partial charge in [-0.15, -0.1) is 0 Å². The summed E-state index contributed by atoms with van der Waals surface area (Å²) in [5.41, 5.74) is 3.17. The minimum Gasteiger partial charge on any atom is -0.0781 e. The molecule has 0 amide bonds. The smallest absolute Gasteiger partial charge is 0.0781 e. The zero-order chi connectivity index (χ0) is 18.8. The maximum Gasteiger partial charge on any atom is 0.159 e. The Bertz CT molecular complexity index is 1000. The molecule has 0 radical (unpaired) electrons. The molecule has 1 aliphatic carbocycles. The Morgan fingerprint density at radius 1 is 0.464 bits per heavy atom. The van der Waals surface area contributed by atoms with Gasteiger partial charge in [0.05, 0.1) is 0 Å². The molecule has 0 heterocycles. The van der Waals surface area contributed by atoms with Crippen molar-refractivity contribution in [3.8, 4) is 0 Å². The Morgan fingerprint density at radius 2 is 0.893 bits per heavy atom. The van der Waals surface area contributed by atoms with Crippen LogP contribution in [0.25, 0.3) is 6.08 Å². The second-order valence-corrected chi connectivity index (χ2v) is 11.3. The average Bonchev–Trinajstić information content (AvgIpc) is 3.21. The molecule has 0 N–H and O–H groups in total. The van der Waals surface area contributed by atoms with E-state index in [1.807, 2.05) is 0 Å². The van der Waals surface area contributed by atoms with Crippen molar-refractivity contribution >= 4 is 29.7 Å². The maximum absolute atomic E-state index is 2.45. The molecule has 0 saturated carbocycles. The van der Waals surface area contributed by atoms with Gasteiger partial charge in [-0.2, -0.15) is 0 Å². The fourth-order valence-electron chi connectivity index (χ4n) is 4.77. The molecule has 0 aliphatic heterocycles. The van der Waals surface area contributed by atoms with Gasteiger partial charge in [0.1, 0.15) is 0 Å². The summed E-state index contributed by atoms with van der Waals surface area (Å²) in [5, 5.41) is 4.37. The number of hydrogen-bond acceptors (Lipinski definition) is 0. The first-order valence-electron chi connectivity index (χ1n) is 9.84. The third-order valence-electron chi connectivity index (χ3n) is 5.95. The predicted molar refractivity (Wildman–Crippen MR) is 122 cm³/mol. The van der Waals surface area contributed by atoms with E-state index >= 15 is 0 Å². The first-order chi connectivity index (χ1) is 13.9. The van der Waals surface area contributed by atoms with Gasteiger partial charge in [-0.3, -0.25) is 0 Å². The largest absolute Gasteiger partial charge is 0.159 e. The van der Waals surface area contributed by atoms with E-state index in [-0.39, 0.29) is 0 Å². The molecule has 134 valence electrons. The summed E-state index contributed by atoms with van der Waals surface area (Å²) in [7, 11) is -2.33. The molecule has 0 spiro atoms. The Labute approximate surface area is 167 Å². The molecule has 0 fully saturated rings. The standard InChI is InChI=1S/C27H22Si/c1-4-13-23(14-5-1)28(24-15-6-2-7-16-24,25-17-8-3-9-18-25)27-21-20-22-12-10-11-19-26(22)27/h1-21,27H/t27-/m1/s1. The van der Waals surface area contributed by atoms with Crippen molar-refractivity contribution in [2.45, 2.75) is 5.54 Å². The minimum absolute atomic E-state index is 0.371. The van der Waals surface area contributed by atoms with Gasteiger partial charge in [-0.05, 0) is 26.7 Å². The zero-order valence-electron chi connectivity index (χ0n) is 15.7. The minimum atomic E-state index is -2.33. The summed E-state index contributed by atoms with van der Waals surface area (Å²) in [5.74, 6) is 0. The first-order valence-corrected chi connectivity index (χ1v) is 11.9. The molecule has 0 aromatic heterocycles. The third kappa shape index (κ3) is 2.59. The van der Waals surface area contributed by atoms with E-state index in [0.29, 0.717) is 5.54 Å². The topological polar surface area (TPSA) is 0 Å². The van der Waals surface area contributed by atoms with Crippen LogP contribution in [-0.2, 0) is 0 Å². The lowest BCUT2D eigenvalue weighted by Gasteiger charge is -2.39. The molecule has 0 unspecified atom stereocenters. The average molecular weight is 375 g/mol. The number of benzene rings is 4. The van der Waals surface area contributed by atoms with E-state index in [4.69, 9.17) is 0 Å². The van der Waals surface area contributed by atoms with Gasteiger partial charge < -0.3 is 0 Å². The van der Waals surface area contributed by atoms with E-state index in [1.165, 1.54) is 26.7 Å². The van der Waals surface area contributed by atoms with Gasteiger partial charge in [0.25, 0.3) is 0 Å². The summed E-state index contributed by atoms with van der Waals surface area (Å²) in [6.07, 6.45) is 4.76. The van der Waals surface area contributed by atoms with E-state index in [9.17, 15) is 0 Å². The summed E-state index contributed by atoms with van der Waals surface area (Å²) in [6.45, 7) is 0. The van der Waals surface area contributed by atoms with Crippen LogP contribution in [0.4, 0.5) is 0 Å². The van der Waals surface area contributed by atoms with Gasteiger partial charge in [0.15, 0.2) is 8.07 Å². The fraction of sp³-hybridized carbons (Fsp3) is 0.0370. The molecule has 1 heteroatoms. The molecular weight excluding hydrogens is 352 g/mol. The van der Waals surface area contributed by atoms with Crippen molar-refractivity contribution in [1.29, 1.82) is 0 Å². The molecule has 1 atom stereocenters. The third-order valence-corrected chi connectivity index (χ3v) is 11.1. The van der Waals surface area contributed by atoms with E-state index < -0.39 is 8.07 Å². The quantitative estimate of drug-likeness (QED) is 0.364. The fourth-order valence-corrected chi connectivity index (χ4v) is 10.1. The lowest BCUT2D eigenvalue weighted by molar-refractivity contribution is 1.19. The highest BCUT2D eigenvalue weighted by Gasteiger charge is 2.47. The zero-order valence-corrected chi connectivity index (χ0v) is 16.7. The highest BCUT2D eigenvalue weighted by Crippen LogP contribution is 2.36. The molecule has 5 rings (SSSR count). The summed E-state index contributed by atoms with van der Waals surface area (Å²) < 4.78 is 0. The van der Waals surface area contributed by atoms with Gasteiger partial charge >= 0.3 is 0 Å². The maximum atomic E-state index is 2.45. The van der Waals surface area contributed by atoms with Crippen molar-refractivity contribution < 1.29 is 0 Å². The van der Waals surface area contributed by atoms with Crippen molar-refractivity contribution in [3.63, 3.8) is 0 Å². The predicted octanol–water partition coefficient (Wildman–Crippen LogP) is 4.51. The van der Waals surface area contributed by atoms with Crippen LogP contribution >= 0.6 is 0 Å². The van der Waals surface area contributed by atoms with Crippen LogP contribution in [0.3, 0.4) is 0 Å². The van der Waals surface area contributed by atoms with Gasteiger partial charge in [0.2, 0.25) is 0 Å². The van der Waals surface area contributed by atoms with Crippen molar-refractivity contribution in [2.75, 3.05) is 0 Å². The Hall–Kier alpha value is -3.16. The molecule has 28 heavy (non-hydrogen) atoms. The second kappa shape index (κ2) is 7.10. The van der Waals surface area contributed by atoms with Crippen LogP contribution in [0.15, 0.2) is 121 Å². The summed E-state index contributed by atoms with van der Waals surface area (Å²) in [4.78, 5) is 0. The SMILES string of the molecule is C1=C[C@@H]([Si](c2ccccc2)(c2ccccc2)c2ccccc2)c2ccccc21. The Balaban J connectivity index is 1.88. The van der Waals surface area contributed by atoms with Gasteiger partial charge in [-0.1, -0.05) is 127 Å². The summed E-state index contributed by atoms with van der Waals surface area (Å²) >= 11 is 0. The Kier molecular flexibility index (Phi) is 4.30. The number of allylic oxidation sites excluding steroid dienone is 1. The van der Waals surface area contributed by atoms with Crippen LogP contribution in [-0.4, -0.2) is 8.07 Å². The lowest BCUT2D eigenvalue weighted by atomic mass is 10.1. The number of fused-ring (bicyclic) bond motifs is 1.